The smallest absolute Gasteiger partial charge is 0.337 e. The van der Waals surface area contributed by atoms with E-state index in [0.717, 1.165) is 0 Å². The monoisotopic (exact) mass is 286 g/mol. The molecule has 0 aliphatic rings. The molecule has 0 radical (unpaired) electrons. The quantitative estimate of drug-likeness (QED) is 0.739. The van der Waals surface area contributed by atoms with Gasteiger partial charge >= 0.3 is 11.7 Å². The molecule has 7 nitrogen and oxygen atoms in total. The van der Waals surface area contributed by atoms with Crippen molar-refractivity contribution in [2.24, 2.45) is 0 Å². The molecule has 1 aromatic carbocycles. The first-order valence-electron chi connectivity index (χ1n) is 6.59. The molecule has 7 heteroatoms. The van der Waals surface area contributed by atoms with Gasteiger partial charge in [-0.25, -0.2) is 9.59 Å². The van der Waals surface area contributed by atoms with Crippen LogP contribution in [-0.4, -0.2) is 30.4 Å². The first kappa shape index (κ1) is 13.2. The lowest BCUT2D eigenvalue weighted by atomic mass is 10.2. The molecule has 0 saturated heterocycles. The third-order valence-electron chi connectivity index (χ3n) is 3.35. The van der Waals surface area contributed by atoms with Crippen molar-refractivity contribution in [1.29, 1.82) is 0 Å². The van der Waals surface area contributed by atoms with Crippen molar-refractivity contribution in [3.05, 3.63) is 52.7 Å². The molecule has 0 aliphatic heterocycles. The van der Waals surface area contributed by atoms with Gasteiger partial charge in [0.2, 0.25) is 0 Å². The second-order valence-electron chi connectivity index (χ2n) is 4.71. The van der Waals surface area contributed by atoms with Crippen LogP contribution < -0.4 is 5.69 Å². The molecular weight excluding hydrogens is 272 g/mol. The van der Waals surface area contributed by atoms with E-state index in [2.05, 4.69) is 10.1 Å². The minimum absolute atomic E-state index is 0.130. The van der Waals surface area contributed by atoms with E-state index in [1.54, 1.807) is 23.0 Å². The molecule has 21 heavy (non-hydrogen) atoms. The van der Waals surface area contributed by atoms with E-state index >= 15 is 0 Å². The lowest BCUT2D eigenvalue weighted by Gasteiger charge is -2.06. The Kier molecular flexibility index (Phi) is 3.31. The Balaban J connectivity index is 1.92. The number of aromatic carboxylic acids is 1. The Morgan fingerprint density at radius 3 is 2.86 bits per heavy atom. The minimum atomic E-state index is -1.04. The summed E-state index contributed by atoms with van der Waals surface area (Å²) in [4.78, 5) is 26.0. The van der Waals surface area contributed by atoms with Gasteiger partial charge in [-0.1, -0.05) is 6.07 Å². The van der Waals surface area contributed by atoms with E-state index < -0.39 is 5.97 Å². The summed E-state index contributed by atoms with van der Waals surface area (Å²) in [6.07, 6.45) is 4.23. The van der Waals surface area contributed by atoms with Gasteiger partial charge < -0.3 is 10.1 Å². The third kappa shape index (κ3) is 2.45. The summed E-state index contributed by atoms with van der Waals surface area (Å²) in [5, 5.41) is 13.3. The van der Waals surface area contributed by atoms with Crippen LogP contribution >= 0.6 is 0 Å². The number of carboxylic acids is 1. The zero-order valence-corrected chi connectivity index (χ0v) is 11.2. The number of aromatic amines is 1. The molecule has 0 bridgehead atoms. The highest BCUT2D eigenvalue weighted by atomic mass is 16.4. The minimum Gasteiger partial charge on any atom is -0.478 e. The van der Waals surface area contributed by atoms with Crippen LogP contribution in [0.25, 0.3) is 11.0 Å². The molecule has 0 saturated carbocycles. The number of para-hydroxylation sites is 1. The summed E-state index contributed by atoms with van der Waals surface area (Å²) in [7, 11) is 0. The third-order valence-corrected chi connectivity index (χ3v) is 3.35. The second-order valence-corrected chi connectivity index (χ2v) is 4.71. The maximum atomic E-state index is 12.0. The summed E-state index contributed by atoms with van der Waals surface area (Å²) in [6, 6.07) is 6.66. The van der Waals surface area contributed by atoms with Crippen molar-refractivity contribution in [3.63, 3.8) is 0 Å². The Morgan fingerprint density at radius 1 is 1.29 bits per heavy atom. The van der Waals surface area contributed by atoms with E-state index in [0.29, 0.717) is 30.5 Å². The maximum Gasteiger partial charge on any atom is 0.337 e. The molecule has 0 amide bonds. The number of carboxylic acid groups (broad SMARTS) is 1. The maximum absolute atomic E-state index is 12.0. The van der Waals surface area contributed by atoms with Gasteiger partial charge in [0, 0.05) is 25.5 Å². The average molecular weight is 286 g/mol. The van der Waals surface area contributed by atoms with E-state index in [1.165, 1.54) is 10.6 Å². The van der Waals surface area contributed by atoms with Crippen LogP contribution in [0, 0.1) is 0 Å². The zero-order chi connectivity index (χ0) is 14.8. The topological polar surface area (TPSA) is 92.9 Å². The molecular formula is C14H14N4O3. The first-order valence-corrected chi connectivity index (χ1v) is 6.59. The number of benzene rings is 1. The molecule has 0 aliphatic carbocycles. The molecule has 108 valence electrons. The van der Waals surface area contributed by atoms with Crippen molar-refractivity contribution in [2.75, 3.05) is 0 Å². The normalized spacial score (nSPS) is 11.0. The molecule has 2 heterocycles. The molecule has 0 unspecified atom stereocenters. The summed E-state index contributed by atoms with van der Waals surface area (Å²) in [5.41, 5.74) is 0.818. The fourth-order valence-electron chi connectivity index (χ4n) is 2.43. The molecule has 0 fully saturated rings. The molecule has 3 rings (SSSR count). The molecule has 3 aromatic rings. The Morgan fingerprint density at radius 2 is 2.14 bits per heavy atom. The van der Waals surface area contributed by atoms with E-state index in [4.69, 9.17) is 0 Å². The van der Waals surface area contributed by atoms with Crippen LogP contribution in [-0.2, 0) is 13.1 Å². The van der Waals surface area contributed by atoms with Crippen LogP contribution in [0.5, 0.6) is 0 Å². The van der Waals surface area contributed by atoms with Gasteiger partial charge in [0.1, 0.15) is 0 Å². The van der Waals surface area contributed by atoms with Gasteiger partial charge in [-0.15, -0.1) is 0 Å². The highest BCUT2D eigenvalue weighted by Gasteiger charge is 2.15. The Bertz CT molecular complexity index is 830. The van der Waals surface area contributed by atoms with Gasteiger partial charge in [-0.3, -0.25) is 9.25 Å². The first-order chi connectivity index (χ1) is 10.2. The van der Waals surface area contributed by atoms with Crippen LogP contribution in [0.4, 0.5) is 0 Å². The number of rotatable bonds is 5. The predicted molar refractivity (Wildman–Crippen MR) is 76.4 cm³/mol. The number of carbonyl (C=O) groups is 1. The number of imidazole rings is 1. The fourth-order valence-corrected chi connectivity index (χ4v) is 2.43. The largest absolute Gasteiger partial charge is 0.478 e. The van der Waals surface area contributed by atoms with Crippen LogP contribution in [0.1, 0.15) is 16.8 Å². The number of hydrogen-bond acceptors (Lipinski definition) is 3. The molecule has 0 spiro atoms. The van der Waals surface area contributed by atoms with Crippen molar-refractivity contribution < 1.29 is 9.90 Å². The van der Waals surface area contributed by atoms with Crippen molar-refractivity contribution in [1.82, 2.24) is 19.3 Å². The summed E-state index contributed by atoms with van der Waals surface area (Å²) in [6.45, 7) is 1.10. The molecule has 2 N–H and O–H groups in total. The van der Waals surface area contributed by atoms with E-state index in [1.807, 2.05) is 12.3 Å². The number of aromatic nitrogens is 4. The number of nitrogens with zero attached hydrogens (tertiary/aromatic N) is 3. The number of hydrogen-bond donors (Lipinski definition) is 2. The van der Waals surface area contributed by atoms with Gasteiger partial charge in [0.25, 0.3) is 0 Å². The highest BCUT2D eigenvalue weighted by Crippen LogP contribution is 2.16. The summed E-state index contributed by atoms with van der Waals surface area (Å²) in [5.74, 6) is -1.04. The Labute approximate surface area is 119 Å². The van der Waals surface area contributed by atoms with Gasteiger partial charge in [-0.05, 0) is 24.6 Å². The van der Waals surface area contributed by atoms with E-state index in [-0.39, 0.29) is 11.3 Å². The number of H-pyrrole nitrogens is 1. The SMILES string of the molecule is O=C(O)c1cccc2[nH]c(=O)n(CCCn3cccn3)c12. The molecule has 2 aromatic heterocycles. The predicted octanol–water partition coefficient (Wildman–Crippen LogP) is 1.31. The van der Waals surface area contributed by atoms with Crippen molar-refractivity contribution in [3.8, 4) is 0 Å². The lowest BCUT2D eigenvalue weighted by Crippen LogP contribution is -2.18. The van der Waals surface area contributed by atoms with Crippen molar-refractivity contribution >= 4 is 17.0 Å². The average Bonchev–Trinajstić information content (AvgIpc) is 3.06. The summed E-state index contributed by atoms with van der Waals surface area (Å²) < 4.78 is 3.25. The fraction of sp³-hybridized carbons (Fsp3) is 0.214. The number of fused-ring (bicyclic) bond motifs is 1. The zero-order valence-electron chi connectivity index (χ0n) is 11.2. The standard InChI is InChI=1S/C14H14N4O3/c19-13(20)10-4-1-5-11-12(10)18(14(21)16-11)9-3-8-17-7-2-6-15-17/h1-2,4-7H,3,8-9H2,(H,16,21)(H,19,20). The Hall–Kier alpha value is -2.83. The lowest BCUT2D eigenvalue weighted by molar-refractivity contribution is 0.0698. The molecule has 0 atom stereocenters. The van der Waals surface area contributed by atoms with Gasteiger partial charge in [-0.2, -0.15) is 5.10 Å². The summed E-state index contributed by atoms with van der Waals surface area (Å²) >= 11 is 0. The number of aryl methyl sites for hydroxylation is 2. The van der Waals surface area contributed by atoms with Crippen LogP contribution in [0.2, 0.25) is 0 Å². The van der Waals surface area contributed by atoms with Gasteiger partial charge in [0.05, 0.1) is 16.6 Å². The highest BCUT2D eigenvalue weighted by molar-refractivity contribution is 6.01. The van der Waals surface area contributed by atoms with Crippen LogP contribution in [0.15, 0.2) is 41.5 Å². The van der Waals surface area contributed by atoms with E-state index in [9.17, 15) is 14.7 Å². The number of nitrogens with one attached hydrogen (secondary N) is 1. The van der Waals surface area contributed by atoms with Gasteiger partial charge in [0.15, 0.2) is 0 Å². The van der Waals surface area contributed by atoms with Crippen molar-refractivity contribution in [2.45, 2.75) is 19.5 Å². The van der Waals surface area contributed by atoms with Crippen LogP contribution in [0.3, 0.4) is 0 Å². The second kappa shape index (κ2) is 5.28.